The van der Waals surface area contributed by atoms with Gasteiger partial charge >= 0.3 is 0 Å². The summed E-state index contributed by atoms with van der Waals surface area (Å²) in [6.45, 7) is 2.08. The monoisotopic (exact) mass is 434 g/mol. The van der Waals surface area contributed by atoms with Crippen molar-refractivity contribution in [2.75, 3.05) is 25.1 Å². The fraction of sp³-hybridized carbons (Fsp3) is 0.360. The van der Waals surface area contributed by atoms with Crippen molar-refractivity contribution in [2.24, 2.45) is 0 Å². The third-order valence-electron chi connectivity index (χ3n) is 6.04. The van der Waals surface area contributed by atoms with E-state index in [1.807, 2.05) is 12.1 Å². The Morgan fingerprint density at radius 1 is 0.938 bits per heavy atom. The van der Waals surface area contributed by atoms with E-state index in [1.165, 1.54) is 17.7 Å². The number of anilines is 1. The zero-order valence-electron chi connectivity index (χ0n) is 17.8. The molecule has 4 unspecified atom stereocenters. The van der Waals surface area contributed by atoms with Gasteiger partial charge in [0.15, 0.2) is 0 Å². The SMILES string of the molecule is Fc1cccc(-c2ccnc(NC3COC4C(NCCCc5ccccc5)COC34)n2)c1. The van der Waals surface area contributed by atoms with Crippen LogP contribution in [-0.4, -0.2) is 54.0 Å². The highest BCUT2D eigenvalue weighted by molar-refractivity contribution is 5.60. The van der Waals surface area contributed by atoms with Crippen molar-refractivity contribution >= 4 is 5.95 Å². The zero-order chi connectivity index (χ0) is 21.8. The Hall–Kier alpha value is -2.87. The van der Waals surface area contributed by atoms with Crippen molar-refractivity contribution in [3.63, 3.8) is 0 Å². The summed E-state index contributed by atoms with van der Waals surface area (Å²) in [5.41, 5.74) is 2.74. The van der Waals surface area contributed by atoms with E-state index in [1.54, 1.807) is 18.3 Å². The van der Waals surface area contributed by atoms with Gasteiger partial charge in [-0.3, -0.25) is 0 Å². The molecule has 3 heterocycles. The number of hydrogen-bond donors (Lipinski definition) is 2. The largest absolute Gasteiger partial charge is 0.371 e. The molecule has 6 nitrogen and oxygen atoms in total. The minimum Gasteiger partial charge on any atom is -0.371 e. The topological polar surface area (TPSA) is 68.3 Å². The highest BCUT2D eigenvalue weighted by Gasteiger charge is 2.47. The van der Waals surface area contributed by atoms with Crippen LogP contribution in [0.25, 0.3) is 11.3 Å². The van der Waals surface area contributed by atoms with Crippen LogP contribution in [0.5, 0.6) is 0 Å². The molecule has 0 bridgehead atoms. The van der Waals surface area contributed by atoms with E-state index in [2.05, 4.69) is 44.9 Å². The van der Waals surface area contributed by atoms with Crippen molar-refractivity contribution in [1.82, 2.24) is 15.3 Å². The van der Waals surface area contributed by atoms with Crippen LogP contribution in [0.2, 0.25) is 0 Å². The molecule has 4 atom stereocenters. The predicted molar refractivity (Wildman–Crippen MR) is 121 cm³/mol. The first-order chi connectivity index (χ1) is 15.8. The molecule has 166 valence electrons. The van der Waals surface area contributed by atoms with Crippen LogP contribution >= 0.6 is 0 Å². The highest BCUT2D eigenvalue weighted by Crippen LogP contribution is 2.29. The lowest BCUT2D eigenvalue weighted by molar-refractivity contribution is 0.0676. The van der Waals surface area contributed by atoms with Crippen LogP contribution < -0.4 is 10.6 Å². The molecule has 0 aliphatic carbocycles. The standard InChI is InChI=1S/C25H27FN4O2/c26-19-10-4-9-18(14-19)20-11-13-28-25(29-20)30-22-16-32-23-21(15-31-24(22)23)27-12-5-8-17-6-2-1-3-7-17/h1-4,6-7,9-11,13-14,21-24,27H,5,8,12,15-16H2,(H,28,29,30). The molecule has 2 N–H and O–H groups in total. The lowest BCUT2D eigenvalue weighted by Gasteiger charge is -2.18. The minimum atomic E-state index is -0.288. The zero-order valence-corrected chi connectivity index (χ0v) is 17.8. The number of aromatic nitrogens is 2. The molecule has 0 spiro atoms. The van der Waals surface area contributed by atoms with Gasteiger partial charge in [-0.25, -0.2) is 14.4 Å². The number of ether oxygens (including phenoxy) is 2. The van der Waals surface area contributed by atoms with E-state index in [9.17, 15) is 4.39 Å². The van der Waals surface area contributed by atoms with Gasteiger partial charge in [0.1, 0.15) is 18.0 Å². The van der Waals surface area contributed by atoms with Gasteiger partial charge in [-0.05, 0) is 43.1 Å². The molecule has 0 saturated carbocycles. The molecule has 0 amide bonds. The first-order valence-electron chi connectivity index (χ1n) is 11.1. The maximum absolute atomic E-state index is 13.6. The molecule has 2 saturated heterocycles. The smallest absolute Gasteiger partial charge is 0.223 e. The summed E-state index contributed by atoms with van der Waals surface area (Å²) in [5.74, 6) is 0.202. The molecular formula is C25H27FN4O2. The Bertz CT molecular complexity index is 1040. The van der Waals surface area contributed by atoms with Gasteiger partial charge in [0.2, 0.25) is 5.95 Å². The molecule has 0 radical (unpaired) electrons. The average Bonchev–Trinajstić information content (AvgIpc) is 3.41. The van der Waals surface area contributed by atoms with Crippen LogP contribution in [0.4, 0.5) is 10.3 Å². The molecule has 32 heavy (non-hydrogen) atoms. The second-order valence-corrected chi connectivity index (χ2v) is 8.27. The molecule has 1 aromatic heterocycles. The number of hydrogen-bond acceptors (Lipinski definition) is 6. The quantitative estimate of drug-likeness (QED) is 0.530. The summed E-state index contributed by atoms with van der Waals surface area (Å²) in [7, 11) is 0. The van der Waals surface area contributed by atoms with Crippen molar-refractivity contribution in [1.29, 1.82) is 0 Å². The normalized spacial score (nSPS) is 24.4. The Kier molecular flexibility index (Phi) is 6.39. The van der Waals surface area contributed by atoms with E-state index >= 15 is 0 Å². The molecule has 2 aliphatic rings. The van der Waals surface area contributed by atoms with E-state index in [0.717, 1.165) is 19.4 Å². The van der Waals surface area contributed by atoms with Gasteiger partial charge in [-0.2, -0.15) is 0 Å². The number of halogens is 1. The van der Waals surface area contributed by atoms with E-state index in [-0.39, 0.29) is 30.1 Å². The predicted octanol–water partition coefficient (Wildman–Crippen LogP) is 3.45. The summed E-state index contributed by atoms with van der Waals surface area (Å²) in [6.07, 6.45) is 3.76. The van der Waals surface area contributed by atoms with E-state index in [0.29, 0.717) is 30.4 Å². The lowest BCUT2D eigenvalue weighted by atomic mass is 10.1. The van der Waals surface area contributed by atoms with Crippen LogP contribution in [0.15, 0.2) is 66.9 Å². The van der Waals surface area contributed by atoms with E-state index in [4.69, 9.17) is 9.47 Å². The van der Waals surface area contributed by atoms with Crippen molar-refractivity contribution in [2.45, 2.75) is 37.1 Å². The lowest BCUT2D eigenvalue weighted by Crippen LogP contribution is -2.42. The number of nitrogens with one attached hydrogen (secondary N) is 2. The summed E-state index contributed by atoms with van der Waals surface area (Å²) in [6, 6.07) is 18.8. The fourth-order valence-corrected chi connectivity index (χ4v) is 4.43. The first kappa shape index (κ1) is 21.0. The summed E-state index contributed by atoms with van der Waals surface area (Å²) < 4.78 is 25.7. The molecule has 2 aliphatic heterocycles. The van der Waals surface area contributed by atoms with E-state index < -0.39 is 0 Å². The van der Waals surface area contributed by atoms with Gasteiger partial charge in [0, 0.05) is 11.8 Å². The average molecular weight is 435 g/mol. The molecule has 3 aromatic rings. The molecule has 7 heteroatoms. The van der Waals surface area contributed by atoms with Crippen molar-refractivity contribution in [3.8, 4) is 11.3 Å². The second-order valence-electron chi connectivity index (χ2n) is 8.27. The first-order valence-corrected chi connectivity index (χ1v) is 11.1. The Balaban J connectivity index is 1.14. The Morgan fingerprint density at radius 3 is 2.59 bits per heavy atom. The van der Waals surface area contributed by atoms with Gasteiger partial charge in [-0.1, -0.05) is 42.5 Å². The summed E-state index contributed by atoms with van der Waals surface area (Å²) >= 11 is 0. The summed E-state index contributed by atoms with van der Waals surface area (Å²) in [4.78, 5) is 8.89. The van der Waals surface area contributed by atoms with Crippen LogP contribution in [0.3, 0.4) is 0 Å². The Labute approximate surface area is 187 Å². The highest BCUT2D eigenvalue weighted by atomic mass is 19.1. The number of fused-ring (bicyclic) bond motifs is 1. The van der Waals surface area contributed by atoms with Gasteiger partial charge in [0.25, 0.3) is 0 Å². The molecule has 2 fully saturated rings. The minimum absolute atomic E-state index is 0.00984. The third-order valence-corrected chi connectivity index (χ3v) is 6.04. The van der Waals surface area contributed by atoms with Crippen molar-refractivity contribution in [3.05, 3.63) is 78.2 Å². The molecule has 5 rings (SSSR count). The maximum atomic E-state index is 13.6. The van der Waals surface area contributed by atoms with Gasteiger partial charge in [-0.15, -0.1) is 0 Å². The Morgan fingerprint density at radius 2 is 1.75 bits per heavy atom. The molecule has 2 aromatic carbocycles. The summed E-state index contributed by atoms with van der Waals surface area (Å²) in [5, 5.41) is 6.95. The third kappa shape index (κ3) is 4.80. The van der Waals surface area contributed by atoms with Crippen molar-refractivity contribution < 1.29 is 13.9 Å². The van der Waals surface area contributed by atoms with Gasteiger partial charge in [0.05, 0.1) is 31.0 Å². The number of nitrogens with zero attached hydrogens (tertiary/aromatic N) is 2. The number of rotatable bonds is 8. The van der Waals surface area contributed by atoms with Crippen LogP contribution in [0, 0.1) is 5.82 Å². The number of aryl methyl sites for hydroxylation is 1. The second kappa shape index (κ2) is 9.73. The van der Waals surface area contributed by atoms with Crippen LogP contribution in [0.1, 0.15) is 12.0 Å². The molecular weight excluding hydrogens is 407 g/mol. The fourth-order valence-electron chi connectivity index (χ4n) is 4.43. The van der Waals surface area contributed by atoms with Gasteiger partial charge < -0.3 is 20.1 Å². The maximum Gasteiger partial charge on any atom is 0.223 e. The number of benzene rings is 2. The van der Waals surface area contributed by atoms with Crippen LogP contribution in [-0.2, 0) is 15.9 Å².